The van der Waals surface area contributed by atoms with E-state index in [2.05, 4.69) is 22.5 Å². The number of ether oxygens (including phenoxy) is 1. The first kappa shape index (κ1) is 24.3. The van der Waals surface area contributed by atoms with Gasteiger partial charge in [0.2, 0.25) is 17.7 Å². The van der Waals surface area contributed by atoms with Crippen molar-refractivity contribution in [1.82, 2.24) is 15.5 Å². The van der Waals surface area contributed by atoms with E-state index < -0.39 is 22.8 Å². The van der Waals surface area contributed by atoms with Gasteiger partial charge in [0, 0.05) is 24.2 Å². The monoisotopic (exact) mass is 499 g/mol. The number of rotatable bonds is 5. The maximum atomic E-state index is 13.1. The van der Waals surface area contributed by atoms with Gasteiger partial charge in [-0.05, 0) is 41.8 Å². The van der Waals surface area contributed by atoms with Crippen LogP contribution in [0.2, 0.25) is 0 Å². The number of amides is 4. The lowest BCUT2D eigenvalue weighted by Gasteiger charge is -2.26. The number of benzene rings is 2. The van der Waals surface area contributed by atoms with Crippen molar-refractivity contribution in [2.75, 3.05) is 13.7 Å². The first-order valence-electron chi connectivity index (χ1n) is 12.0. The van der Waals surface area contributed by atoms with Crippen LogP contribution in [0.25, 0.3) is 0 Å². The third-order valence-corrected chi connectivity index (χ3v) is 7.31. The Hall–Kier alpha value is -4.45. The molecule has 0 aliphatic carbocycles. The second-order valence-corrected chi connectivity index (χ2v) is 9.55. The molecule has 37 heavy (non-hydrogen) atoms. The van der Waals surface area contributed by atoms with Gasteiger partial charge in [0.05, 0.1) is 20.0 Å². The van der Waals surface area contributed by atoms with Crippen LogP contribution in [-0.4, -0.2) is 48.0 Å². The van der Waals surface area contributed by atoms with Crippen LogP contribution < -0.4 is 15.4 Å². The molecule has 0 radical (unpaired) electrons. The van der Waals surface area contributed by atoms with Crippen LogP contribution in [0.1, 0.15) is 53.2 Å². The molecule has 3 aliphatic heterocycles. The van der Waals surface area contributed by atoms with Gasteiger partial charge in [-0.3, -0.25) is 29.3 Å². The molecule has 0 aromatic heterocycles. The number of carbonyl (C=O) groups is 5. The molecule has 0 spiro atoms. The zero-order valence-electron chi connectivity index (χ0n) is 20.5. The smallest absolute Gasteiger partial charge is 0.254 e. The van der Waals surface area contributed by atoms with Crippen LogP contribution in [0.5, 0.6) is 5.75 Å². The maximum Gasteiger partial charge on any atom is 0.254 e. The molecule has 2 aromatic carbocycles. The van der Waals surface area contributed by atoms with Gasteiger partial charge in [-0.25, -0.2) is 0 Å². The van der Waals surface area contributed by atoms with Crippen molar-refractivity contribution in [2.45, 2.75) is 38.3 Å². The lowest BCUT2D eigenvalue weighted by molar-refractivity contribution is -0.127. The third kappa shape index (κ3) is 4.04. The highest BCUT2D eigenvalue weighted by Gasteiger charge is 2.49. The second kappa shape index (κ2) is 8.89. The van der Waals surface area contributed by atoms with Gasteiger partial charge in [-0.1, -0.05) is 37.0 Å². The topological polar surface area (TPSA) is 122 Å². The minimum Gasteiger partial charge on any atom is -0.497 e. The fourth-order valence-electron chi connectivity index (χ4n) is 5.24. The van der Waals surface area contributed by atoms with E-state index in [-0.39, 0.29) is 37.0 Å². The number of fused-ring (bicyclic) bond motifs is 1. The van der Waals surface area contributed by atoms with E-state index in [0.29, 0.717) is 35.4 Å². The van der Waals surface area contributed by atoms with E-state index in [1.54, 1.807) is 36.4 Å². The summed E-state index contributed by atoms with van der Waals surface area (Å²) in [4.78, 5) is 64.0. The van der Waals surface area contributed by atoms with Crippen molar-refractivity contribution < 1.29 is 28.7 Å². The van der Waals surface area contributed by atoms with Crippen molar-refractivity contribution in [1.29, 1.82) is 0 Å². The zero-order chi connectivity index (χ0) is 26.4. The highest BCUT2D eigenvalue weighted by Crippen LogP contribution is 2.34. The number of imide groups is 1. The number of methoxy groups -OCH3 is 1. The van der Waals surface area contributed by atoms with Gasteiger partial charge in [0.25, 0.3) is 5.91 Å². The quantitative estimate of drug-likeness (QED) is 0.365. The summed E-state index contributed by atoms with van der Waals surface area (Å²) in [5.41, 5.74) is 0.108. The van der Waals surface area contributed by atoms with Gasteiger partial charge in [-0.15, -0.1) is 0 Å². The maximum absolute atomic E-state index is 13.1. The van der Waals surface area contributed by atoms with Crippen molar-refractivity contribution >= 4 is 29.4 Å². The summed E-state index contributed by atoms with van der Waals surface area (Å²) in [7, 11) is 1.52. The van der Waals surface area contributed by atoms with Crippen LogP contribution >= 0.6 is 0 Å². The molecule has 3 aliphatic rings. The van der Waals surface area contributed by atoms with Gasteiger partial charge in [-0.2, -0.15) is 0 Å². The Morgan fingerprint density at radius 2 is 1.78 bits per heavy atom. The lowest BCUT2D eigenvalue weighted by atomic mass is 9.84. The average Bonchev–Trinajstić information content (AvgIpc) is 3.47. The third-order valence-electron chi connectivity index (χ3n) is 7.31. The summed E-state index contributed by atoms with van der Waals surface area (Å²) in [6, 6.07) is 12.1. The normalized spacial score (nSPS) is 24.5. The van der Waals surface area contributed by atoms with E-state index >= 15 is 0 Å². The molecular weight excluding hydrogens is 474 g/mol. The van der Waals surface area contributed by atoms with Gasteiger partial charge >= 0.3 is 0 Å². The Morgan fingerprint density at radius 3 is 2.38 bits per heavy atom. The Balaban J connectivity index is 1.41. The Morgan fingerprint density at radius 1 is 1.03 bits per heavy atom. The van der Waals surface area contributed by atoms with Crippen molar-refractivity contribution in [3.8, 4) is 17.6 Å². The highest BCUT2D eigenvalue weighted by molar-refractivity contribution is 6.10. The molecule has 2 unspecified atom stereocenters. The minimum atomic E-state index is -1.39. The van der Waals surface area contributed by atoms with Crippen molar-refractivity contribution in [3.05, 3.63) is 64.7 Å². The molecule has 2 fully saturated rings. The summed E-state index contributed by atoms with van der Waals surface area (Å²) >= 11 is 0. The predicted molar refractivity (Wildman–Crippen MR) is 131 cm³/mol. The first-order valence-corrected chi connectivity index (χ1v) is 12.0. The van der Waals surface area contributed by atoms with Crippen LogP contribution in [0, 0.1) is 17.3 Å². The van der Waals surface area contributed by atoms with Crippen molar-refractivity contribution in [2.24, 2.45) is 5.41 Å². The Bertz CT molecular complexity index is 1420. The lowest BCUT2D eigenvalue weighted by Crippen LogP contribution is -2.42. The molecular formula is C28H25N3O6. The number of hydrogen-bond donors (Lipinski definition) is 2. The molecule has 2 atom stereocenters. The number of carbonyl (C=O) groups excluding carboxylic acids is 5. The van der Waals surface area contributed by atoms with E-state index in [1.807, 2.05) is 13.0 Å². The van der Waals surface area contributed by atoms with Crippen LogP contribution in [0.4, 0.5) is 0 Å². The fourth-order valence-corrected chi connectivity index (χ4v) is 5.24. The molecule has 9 nitrogen and oxygen atoms in total. The first-order chi connectivity index (χ1) is 17.7. The Labute approximate surface area is 213 Å². The van der Waals surface area contributed by atoms with Gasteiger partial charge in [0.15, 0.2) is 5.78 Å². The molecule has 2 aromatic rings. The molecule has 2 saturated heterocycles. The molecule has 2 N–H and O–H groups in total. The van der Waals surface area contributed by atoms with Gasteiger partial charge in [0.1, 0.15) is 16.7 Å². The van der Waals surface area contributed by atoms with E-state index in [0.717, 1.165) is 5.56 Å². The molecule has 4 amide bonds. The van der Waals surface area contributed by atoms with Crippen LogP contribution in [0.15, 0.2) is 42.5 Å². The Kier molecular flexibility index (Phi) is 5.83. The molecule has 3 heterocycles. The number of ketones is 1. The summed E-state index contributed by atoms with van der Waals surface area (Å²) in [6.45, 7) is 2.10. The number of Topliss-reactive ketones (excluding diaryl/α,β-unsaturated/α-hetero) is 1. The van der Waals surface area contributed by atoms with Crippen LogP contribution in [0.3, 0.4) is 0 Å². The molecule has 0 bridgehead atoms. The highest BCUT2D eigenvalue weighted by atomic mass is 16.5. The zero-order valence-corrected chi connectivity index (χ0v) is 20.5. The predicted octanol–water partition coefficient (Wildman–Crippen LogP) is 1.43. The molecule has 5 rings (SSSR count). The van der Waals surface area contributed by atoms with Crippen molar-refractivity contribution in [3.63, 3.8) is 0 Å². The van der Waals surface area contributed by atoms with E-state index in [9.17, 15) is 24.0 Å². The summed E-state index contributed by atoms with van der Waals surface area (Å²) < 4.78 is 5.22. The molecule has 0 saturated carbocycles. The number of nitrogens with zero attached hydrogens (tertiary/aromatic N) is 1. The van der Waals surface area contributed by atoms with E-state index in [4.69, 9.17) is 4.74 Å². The number of nitrogens with one attached hydrogen (secondary N) is 2. The van der Waals surface area contributed by atoms with Gasteiger partial charge < -0.3 is 15.0 Å². The minimum absolute atomic E-state index is 0.0367. The average molecular weight is 500 g/mol. The van der Waals surface area contributed by atoms with E-state index in [1.165, 1.54) is 12.0 Å². The molecule has 188 valence electrons. The number of hydrogen-bond acceptors (Lipinski definition) is 6. The summed E-state index contributed by atoms with van der Waals surface area (Å²) in [6.07, 6.45) is 0.124. The van der Waals surface area contributed by atoms with Crippen LogP contribution in [-0.2, 0) is 31.3 Å². The second-order valence-electron chi connectivity index (χ2n) is 9.55. The largest absolute Gasteiger partial charge is 0.497 e. The standard InChI is InChI=1S/C28H25N3O6/c1-3-28(22(32)13-23(33)30-28)19-7-4-17(5-8-19)10-11-27(14-24(34)29-26(27)36)16-31-15-18-6-9-20(37-2)12-21(18)25(31)35/h4-9,12H,3,13-16H2,1-2H3,(H,30,33)(H,29,34,36). The summed E-state index contributed by atoms with van der Waals surface area (Å²) in [5, 5.41) is 5.12. The SMILES string of the molecule is CCC1(c2ccc(C#CC3(CN4Cc5ccc(OC)cc5C4=O)CC(=O)NC3=O)cc2)NC(=O)CC1=O. The fraction of sp³-hybridized carbons (Fsp3) is 0.321. The summed E-state index contributed by atoms with van der Waals surface area (Å²) in [5.74, 6) is 4.82. The molecule has 9 heteroatoms.